The van der Waals surface area contributed by atoms with Gasteiger partial charge in [0.25, 0.3) is 5.91 Å². The van der Waals surface area contributed by atoms with E-state index in [1.807, 2.05) is 84.9 Å². The number of aromatic nitrogens is 2. The smallest absolute Gasteiger partial charge is 0.256 e. The summed E-state index contributed by atoms with van der Waals surface area (Å²) < 4.78 is 0. The Labute approximate surface area is 174 Å². The number of rotatable bonds is 5. The van der Waals surface area contributed by atoms with Gasteiger partial charge in [0.15, 0.2) is 5.82 Å². The number of nitrogens with two attached hydrogens (primary N) is 1. The zero-order valence-corrected chi connectivity index (χ0v) is 16.2. The second-order valence-corrected chi connectivity index (χ2v) is 6.68. The maximum Gasteiger partial charge on any atom is 0.256 e. The van der Waals surface area contributed by atoms with Crippen molar-refractivity contribution in [3.8, 4) is 11.3 Å². The third kappa shape index (κ3) is 4.59. The van der Waals surface area contributed by atoms with Crippen LogP contribution >= 0.6 is 0 Å². The lowest BCUT2D eigenvalue weighted by Crippen LogP contribution is -2.14. The predicted molar refractivity (Wildman–Crippen MR) is 122 cm³/mol. The summed E-state index contributed by atoms with van der Waals surface area (Å²) in [5.41, 5.74) is 10.2. The highest BCUT2D eigenvalue weighted by atomic mass is 16.1. The van der Waals surface area contributed by atoms with Gasteiger partial charge in [0.1, 0.15) is 5.69 Å². The van der Waals surface area contributed by atoms with Gasteiger partial charge >= 0.3 is 0 Å². The molecular weight excluding hydrogens is 372 g/mol. The molecule has 1 heterocycles. The first-order chi connectivity index (χ1) is 14.7. The van der Waals surface area contributed by atoms with Gasteiger partial charge < -0.3 is 11.1 Å². The number of amides is 1. The molecule has 5 heteroatoms. The molecule has 0 spiro atoms. The van der Waals surface area contributed by atoms with E-state index in [1.165, 1.54) is 0 Å². The maximum atomic E-state index is 12.6. The van der Waals surface area contributed by atoms with Crippen LogP contribution in [0.5, 0.6) is 0 Å². The van der Waals surface area contributed by atoms with Gasteiger partial charge in [0, 0.05) is 16.8 Å². The zero-order chi connectivity index (χ0) is 20.8. The van der Waals surface area contributed by atoms with Gasteiger partial charge in [-0.15, -0.1) is 0 Å². The Morgan fingerprint density at radius 1 is 0.833 bits per heavy atom. The van der Waals surface area contributed by atoms with Crippen molar-refractivity contribution < 1.29 is 4.79 Å². The average molecular weight is 392 g/mol. The molecule has 0 fully saturated rings. The fourth-order valence-electron chi connectivity index (χ4n) is 2.92. The van der Waals surface area contributed by atoms with Crippen LogP contribution in [-0.2, 0) is 0 Å². The summed E-state index contributed by atoms with van der Waals surface area (Å²) >= 11 is 0. The Hall–Kier alpha value is -4.25. The third-order valence-corrected chi connectivity index (χ3v) is 4.51. The number of hydrogen-bond donors (Lipinski definition) is 2. The molecule has 30 heavy (non-hydrogen) atoms. The van der Waals surface area contributed by atoms with Crippen LogP contribution in [0.4, 0.5) is 11.5 Å². The molecule has 5 nitrogen and oxygen atoms in total. The van der Waals surface area contributed by atoms with Crippen molar-refractivity contribution in [2.24, 2.45) is 0 Å². The predicted octanol–water partition coefficient (Wildman–Crippen LogP) is 5.15. The molecule has 0 bridgehead atoms. The number of nitrogens with zero attached hydrogens (tertiary/aromatic N) is 2. The fraction of sp³-hybridized carbons (Fsp3) is 0. The van der Waals surface area contributed by atoms with E-state index in [4.69, 9.17) is 10.7 Å². The minimum absolute atomic E-state index is 0.237. The first-order valence-corrected chi connectivity index (χ1v) is 9.51. The highest BCUT2D eigenvalue weighted by molar-refractivity contribution is 6.04. The standard InChI is InChI=1S/C25H20N4O/c26-21-14-12-19(13-15-21)23-17-27-24(29-25(30)20-9-5-2-6-10-20)22(28-23)16-11-18-7-3-1-4-8-18/h1-17H,26H2,(H,27,29,30)/b16-11+. The largest absolute Gasteiger partial charge is 0.399 e. The Bertz CT molecular complexity index is 1170. The van der Waals surface area contributed by atoms with Crippen molar-refractivity contribution in [1.29, 1.82) is 0 Å². The summed E-state index contributed by atoms with van der Waals surface area (Å²) in [6.45, 7) is 0. The zero-order valence-electron chi connectivity index (χ0n) is 16.2. The Morgan fingerprint density at radius 2 is 1.50 bits per heavy atom. The fourth-order valence-corrected chi connectivity index (χ4v) is 2.92. The van der Waals surface area contributed by atoms with Gasteiger partial charge in [-0.3, -0.25) is 4.79 Å². The molecule has 146 valence electrons. The van der Waals surface area contributed by atoms with Crippen LogP contribution in [0.2, 0.25) is 0 Å². The van der Waals surface area contributed by atoms with Gasteiger partial charge in [0.2, 0.25) is 0 Å². The van der Waals surface area contributed by atoms with Crippen LogP contribution in [-0.4, -0.2) is 15.9 Å². The summed E-state index contributed by atoms with van der Waals surface area (Å²) in [6, 6.07) is 26.3. The molecule has 1 aromatic heterocycles. The molecule has 3 N–H and O–H groups in total. The van der Waals surface area contributed by atoms with Crippen LogP contribution in [0, 0.1) is 0 Å². The summed E-state index contributed by atoms with van der Waals surface area (Å²) in [5, 5.41) is 2.87. The number of carbonyl (C=O) groups excluding carboxylic acids is 1. The molecule has 0 saturated carbocycles. The summed E-state index contributed by atoms with van der Waals surface area (Å²) in [4.78, 5) is 21.8. The van der Waals surface area contributed by atoms with E-state index in [0.29, 0.717) is 28.5 Å². The third-order valence-electron chi connectivity index (χ3n) is 4.51. The van der Waals surface area contributed by atoms with Crippen LogP contribution < -0.4 is 11.1 Å². The molecular formula is C25H20N4O. The molecule has 0 atom stereocenters. The highest BCUT2D eigenvalue weighted by Crippen LogP contribution is 2.22. The van der Waals surface area contributed by atoms with E-state index >= 15 is 0 Å². The van der Waals surface area contributed by atoms with E-state index in [-0.39, 0.29) is 5.91 Å². The van der Waals surface area contributed by atoms with E-state index in [2.05, 4.69) is 10.3 Å². The summed E-state index contributed by atoms with van der Waals surface area (Å²) in [6.07, 6.45) is 5.44. The second kappa shape index (κ2) is 8.84. The Morgan fingerprint density at radius 3 is 2.20 bits per heavy atom. The van der Waals surface area contributed by atoms with Crippen molar-refractivity contribution in [2.45, 2.75) is 0 Å². The lowest BCUT2D eigenvalue weighted by molar-refractivity contribution is 0.102. The number of nitrogens with one attached hydrogen (secondary N) is 1. The summed E-state index contributed by atoms with van der Waals surface area (Å²) in [5.74, 6) is 0.162. The van der Waals surface area contributed by atoms with Crippen molar-refractivity contribution in [1.82, 2.24) is 9.97 Å². The van der Waals surface area contributed by atoms with E-state index in [0.717, 1.165) is 11.1 Å². The first-order valence-electron chi connectivity index (χ1n) is 9.51. The number of hydrogen-bond acceptors (Lipinski definition) is 4. The quantitative estimate of drug-likeness (QED) is 0.460. The monoisotopic (exact) mass is 392 g/mol. The lowest BCUT2D eigenvalue weighted by Gasteiger charge is -2.10. The highest BCUT2D eigenvalue weighted by Gasteiger charge is 2.12. The van der Waals surface area contributed by atoms with Crippen LogP contribution in [0.25, 0.3) is 23.4 Å². The van der Waals surface area contributed by atoms with Crippen molar-refractivity contribution in [2.75, 3.05) is 11.1 Å². The molecule has 1 amide bonds. The van der Waals surface area contributed by atoms with Crippen molar-refractivity contribution in [3.63, 3.8) is 0 Å². The van der Waals surface area contributed by atoms with Gasteiger partial charge in [-0.1, -0.05) is 66.7 Å². The number of anilines is 2. The normalized spacial score (nSPS) is 10.8. The van der Waals surface area contributed by atoms with E-state index in [1.54, 1.807) is 18.3 Å². The minimum atomic E-state index is -0.237. The average Bonchev–Trinajstić information content (AvgIpc) is 2.80. The molecule has 3 aromatic carbocycles. The van der Waals surface area contributed by atoms with E-state index < -0.39 is 0 Å². The Kier molecular flexibility index (Phi) is 5.62. The number of benzene rings is 3. The van der Waals surface area contributed by atoms with Crippen LogP contribution in [0.1, 0.15) is 21.6 Å². The maximum absolute atomic E-state index is 12.6. The molecule has 0 unspecified atom stereocenters. The topological polar surface area (TPSA) is 80.9 Å². The number of carbonyl (C=O) groups is 1. The van der Waals surface area contributed by atoms with Gasteiger partial charge in [0.05, 0.1) is 11.9 Å². The molecule has 0 aliphatic heterocycles. The molecule has 0 radical (unpaired) electrons. The molecule has 4 aromatic rings. The van der Waals surface area contributed by atoms with Crippen molar-refractivity contribution in [3.05, 3.63) is 108 Å². The molecule has 0 aliphatic carbocycles. The minimum Gasteiger partial charge on any atom is -0.399 e. The first kappa shape index (κ1) is 19.1. The molecule has 0 saturated heterocycles. The van der Waals surface area contributed by atoms with Crippen molar-refractivity contribution >= 4 is 29.6 Å². The second-order valence-electron chi connectivity index (χ2n) is 6.68. The van der Waals surface area contributed by atoms with Crippen LogP contribution in [0.3, 0.4) is 0 Å². The lowest BCUT2D eigenvalue weighted by atomic mass is 10.1. The van der Waals surface area contributed by atoms with Crippen LogP contribution in [0.15, 0.2) is 91.1 Å². The molecule has 4 rings (SSSR count). The molecule has 0 aliphatic rings. The van der Waals surface area contributed by atoms with E-state index in [9.17, 15) is 4.79 Å². The number of nitrogen functional groups attached to an aromatic ring is 1. The van der Waals surface area contributed by atoms with Gasteiger partial charge in [-0.25, -0.2) is 9.97 Å². The van der Waals surface area contributed by atoms with Gasteiger partial charge in [-0.05, 0) is 35.9 Å². The SMILES string of the molecule is Nc1ccc(-c2cnc(NC(=O)c3ccccc3)c(/C=C/c3ccccc3)n2)cc1. The summed E-state index contributed by atoms with van der Waals surface area (Å²) in [7, 11) is 0. The Balaban J connectivity index is 1.70. The van der Waals surface area contributed by atoms with Gasteiger partial charge in [-0.2, -0.15) is 0 Å².